The van der Waals surface area contributed by atoms with E-state index in [2.05, 4.69) is 12.2 Å². The van der Waals surface area contributed by atoms with Gasteiger partial charge in [-0.1, -0.05) is 13.3 Å². The van der Waals surface area contributed by atoms with Crippen molar-refractivity contribution in [2.75, 3.05) is 0 Å². The Morgan fingerprint density at radius 2 is 1.70 bits per heavy atom. The number of hydrogen-bond donors (Lipinski definition) is 1. The van der Waals surface area contributed by atoms with Crippen LogP contribution < -0.4 is 5.32 Å². The zero-order valence-corrected chi connectivity index (χ0v) is 6.77. The number of fused-ring (bicyclic) bond motifs is 2. The molecule has 0 amide bonds. The SMILES string of the molecule is CC1CC2CCCC(C1)N2. The highest BCUT2D eigenvalue weighted by Gasteiger charge is 2.28. The van der Waals surface area contributed by atoms with E-state index in [-0.39, 0.29) is 0 Å². The second-order valence-electron chi connectivity index (χ2n) is 4.07. The maximum Gasteiger partial charge on any atom is 0.00722 e. The van der Waals surface area contributed by atoms with Crippen LogP contribution in [0.1, 0.15) is 39.0 Å². The third kappa shape index (κ3) is 1.20. The van der Waals surface area contributed by atoms with Gasteiger partial charge in [0.15, 0.2) is 0 Å². The average molecular weight is 139 g/mol. The molecule has 2 aliphatic rings. The van der Waals surface area contributed by atoms with Gasteiger partial charge in [0.2, 0.25) is 0 Å². The maximum atomic E-state index is 3.68. The monoisotopic (exact) mass is 139 g/mol. The molecule has 0 aromatic carbocycles. The van der Waals surface area contributed by atoms with E-state index in [1.807, 2.05) is 0 Å². The summed E-state index contributed by atoms with van der Waals surface area (Å²) in [7, 11) is 0. The van der Waals surface area contributed by atoms with Crippen LogP contribution in [0.15, 0.2) is 0 Å². The Kier molecular flexibility index (Phi) is 1.69. The molecule has 0 spiro atoms. The lowest BCUT2D eigenvalue weighted by atomic mass is 9.81. The molecule has 2 saturated heterocycles. The summed E-state index contributed by atoms with van der Waals surface area (Å²) in [4.78, 5) is 0. The van der Waals surface area contributed by atoms with Crippen LogP contribution in [-0.2, 0) is 0 Å². The highest BCUT2D eigenvalue weighted by molar-refractivity contribution is 4.87. The second-order valence-corrected chi connectivity index (χ2v) is 4.07. The summed E-state index contributed by atoms with van der Waals surface area (Å²) in [5.41, 5.74) is 0. The van der Waals surface area contributed by atoms with Gasteiger partial charge < -0.3 is 5.32 Å². The summed E-state index contributed by atoms with van der Waals surface area (Å²) in [6, 6.07) is 1.75. The van der Waals surface area contributed by atoms with Gasteiger partial charge >= 0.3 is 0 Å². The summed E-state index contributed by atoms with van der Waals surface area (Å²) in [6.07, 6.45) is 7.18. The minimum atomic E-state index is 0.877. The predicted molar refractivity (Wildman–Crippen MR) is 43.0 cm³/mol. The number of rotatable bonds is 0. The molecule has 2 heterocycles. The van der Waals surface area contributed by atoms with Crippen molar-refractivity contribution in [1.29, 1.82) is 0 Å². The molecule has 0 radical (unpaired) electrons. The third-order valence-electron chi connectivity index (χ3n) is 2.95. The fraction of sp³-hybridized carbons (Fsp3) is 1.00. The molecule has 0 aromatic heterocycles. The van der Waals surface area contributed by atoms with E-state index in [0.717, 1.165) is 18.0 Å². The molecule has 1 nitrogen and oxygen atoms in total. The van der Waals surface area contributed by atoms with E-state index in [9.17, 15) is 0 Å². The molecular weight excluding hydrogens is 122 g/mol. The first-order chi connectivity index (χ1) is 4.84. The van der Waals surface area contributed by atoms with Gasteiger partial charge in [0, 0.05) is 12.1 Å². The first kappa shape index (κ1) is 6.66. The van der Waals surface area contributed by atoms with E-state index in [4.69, 9.17) is 0 Å². The molecular formula is C9H17N. The van der Waals surface area contributed by atoms with Crippen molar-refractivity contribution in [3.63, 3.8) is 0 Å². The van der Waals surface area contributed by atoms with Crippen molar-refractivity contribution in [3.05, 3.63) is 0 Å². The van der Waals surface area contributed by atoms with Crippen LogP contribution in [-0.4, -0.2) is 12.1 Å². The molecule has 1 heteroatoms. The highest BCUT2D eigenvalue weighted by Crippen LogP contribution is 2.28. The zero-order valence-electron chi connectivity index (χ0n) is 6.77. The van der Waals surface area contributed by atoms with E-state index in [1.165, 1.54) is 32.1 Å². The minimum absolute atomic E-state index is 0.877. The van der Waals surface area contributed by atoms with E-state index >= 15 is 0 Å². The van der Waals surface area contributed by atoms with Crippen molar-refractivity contribution < 1.29 is 0 Å². The first-order valence-corrected chi connectivity index (χ1v) is 4.60. The van der Waals surface area contributed by atoms with E-state index in [1.54, 1.807) is 0 Å². The number of nitrogens with one attached hydrogen (secondary N) is 1. The Balaban J connectivity index is 1.98. The molecule has 0 saturated carbocycles. The van der Waals surface area contributed by atoms with E-state index < -0.39 is 0 Å². The maximum absolute atomic E-state index is 3.68. The Morgan fingerprint density at radius 1 is 1.10 bits per heavy atom. The molecule has 0 aliphatic carbocycles. The molecule has 2 bridgehead atoms. The smallest absolute Gasteiger partial charge is 0.00722 e. The zero-order chi connectivity index (χ0) is 6.97. The molecule has 2 fully saturated rings. The predicted octanol–water partition coefficient (Wildman–Crippen LogP) is 1.93. The molecule has 2 aliphatic heterocycles. The minimum Gasteiger partial charge on any atom is -0.311 e. The fourth-order valence-corrected chi connectivity index (χ4v) is 2.55. The van der Waals surface area contributed by atoms with Gasteiger partial charge in [-0.2, -0.15) is 0 Å². The summed E-state index contributed by atoms with van der Waals surface area (Å²) >= 11 is 0. The van der Waals surface area contributed by atoms with Crippen LogP contribution in [0, 0.1) is 5.92 Å². The molecule has 2 atom stereocenters. The molecule has 2 rings (SSSR count). The lowest BCUT2D eigenvalue weighted by molar-refractivity contribution is 0.196. The quantitative estimate of drug-likeness (QED) is 0.540. The molecule has 58 valence electrons. The number of hydrogen-bond acceptors (Lipinski definition) is 1. The second kappa shape index (κ2) is 2.54. The van der Waals surface area contributed by atoms with Crippen molar-refractivity contribution >= 4 is 0 Å². The van der Waals surface area contributed by atoms with Gasteiger partial charge in [0.1, 0.15) is 0 Å². The topological polar surface area (TPSA) is 12.0 Å². The van der Waals surface area contributed by atoms with Crippen LogP contribution >= 0.6 is 0 Å². The van der Waals surface area contributed by atoms with Gasteiger partial charge in [-0.05, 0) is 31.6 Å². The Bertz CT molecular complexity index is 106. The molecule has 2 unspecified atom stereocenters. The third-order valence-corrected chi connectivity index (χ3v) is 2.95. The molecule has 1 N–H and O–H groups in total. The lowest BCUT2D eigenvalue weighted by Gasteiger charge is -2.39. The average Bonchev–Trinajstić information content (AvgIpc) is 1.85. The summed E-state index contributed by atoms with van der Waals surface area (Å²) in [5, 5.41) is 3.68. The van der Waals surface area contributed by atoms with Crippen molar-refractivity contribution in [2.45, 2.75) is 51.1 Å². The first-order valence-electron chi connectivity index (χ1n) is 4.60. The van der Waals surface area contributed by atoms with Gasteiger partial charge in [-0.25, -0.2) is 0 Å². The van der Waals surface area contributed by atoms with Crippen LogP contribution in [0.3, 0.4) is 0 Å². The summed E-state index contributed by atoms with van der Waals surface area (Å²) in [6.45, 7) is 2.40. The summed E-state index contributed by atoms with van der Waals surface area (Å²) in [5.74, 6) is 0.983. The fourth-order valence-electron chi connectivity index (χ4n) is 2.55. The van der Waals surface area contributed by atoms with Crippen molar-refractivity contribution in [2.24, 2.45) is 5.92 Å². The van der Waals surface area contributed by atoms with Gasteiger partial charge in [-0.3, -0.25) is 0 Å². The highest BCUT2D eigenvalue weighted by atomic mass is 15.0. The van der Waals surface area contributed by atoms with Crippen molar-refractivity contribution in [3.8, 4) is 0 Å². The lowest BCUT2D eigenvalue weighted by Crippen LogP contribution is -2.47. The van der Waals surface area contributed by atoms with Gasteiger partial charge in [0.25, 0.3) is 0 Å². The standard InChI is InChI=1S/C9H17N/c1-7-5-8-3-2-4-9(6-7)10-8/h7-10H,2-6H2,1H3. The normalized spacial score (nSPS) is 47.1. The Hall–Kier alpha value is -0.0400. The Labute approximate surface area is 63.2 Å². The van der Waals surface area contributed by atoms with E-state index in [0.29, 0.717) is 0 Å². The van der Waals surface area contributed by atoms with Crippen molar-refractivity contribution in [1.82, 2.24) is 5.32 Å². The van der Waals surface area contributed by atoms with Crippen LogP contribution in [0.4, 0.5) is 0 Å². The number of piperidine rings is 2. The largest absolute Gasteiger partial charge is 0.311 e. The van der Waals surface area contributed by atoms with Crippen LogP contribution in [0.25, 0.3) is 0 Å². The van der Waals surface area contributed by atoms with Crippen LogP contribution in [0.2, 0.25) is 0 Å². The van der Waals surface area contributed by atoms with Gasteiger partial charge in [0.05, 0.1) is 0 Å². The summed E-state index contributed by atoms with van der Waals surface area (Å²) < 4.78 is 0. The molecule has 0 aromatic rings. The van der Waals surface area contributed by atoms with Gasteiger partial charge in [-0.15, -0.1) is 0 Å². The Morgan fingerprint density at radius 3 is 2.30 bits per heavy atom. The molecule has 10 heavy (non-hydrogen) atoms. The van der Waals surface area contributed by atoms with Crippen LogP contribution in [0.5, 0.6) is 0 Å².